The number of benzene rings is 2. The molecule has 1 saturated heterocycles. The fourth-order valence-electron chi connectivity index (χ4n) is 7.16. The lowest BCUT2D eigenvalue weighted by atomic mass is 9.79. The molecule has 2 N–H and O–H groups in total. The van der Waals surface area contributed by atoms with Gasteiger partial charge >= 0.3 is 0 Å². The molecule has 0 radical (unpaired) electrons. The molecule has 2 aromatic carbocycles. The van der Waals surface area contributed by atoms with Crippen LogP contribution in [0.3, 0.4) is 0 Å². The lowest BCUT2D eigenvalue weighted by molar-refractivity contribution is -0.138. The predicted octanol–water partition coefficient (Wildman–Crippen LogP) is 5.37. The van der Waals surface area contributed by atoms with Gasteiger partial charge in [0.05, 0.1) is 6.04 Å². The Balaban J connectivity index is 1.19. The molecule has 0 bridgehead atoms. The number of amides is 3. The summed E-state index contributed by atoms with van der Waals surface area (Å²) in [7, 11) is 0. The van der Waals surface area contributed by atoms with E-state index in [1.165, 1.54) is 11.8 Å². The van der Waals surface area contributed by atoms with Gasteiger partial charge in [-0.3, -0.25) is 28.8 Å². The summed E-state index contributed by atoms with van der Waals surface area (Å²) in [6.45, 7) is 9.06. The number of rotatable bonds is 15. The molecule has 12 heteroatoms. The lowest BCUT2D eigenvalue weighted by Crippen LogP contribution is -2.55. The second kappa shape index (κ2) is 17.9. The Kier molecular flexibility index (Phi) is 13.3. The minimum Gasteiger partial charge on any atom is -0.344 e. The quantitative estimate of drug-likeness (QED) is 0.218. The van der Waals surface area contributed by atoms with Crippen molar-refractivity contribution in [3.63, 3.8) is 0 Å². The van der Waals surface area contributed by atoms with E-state index < -0.39 is 23.9 Å². The number of aryl methyl sites for hydroxylation is 1. The van der Waals surface area contributed by atoms with Crippen molar-refractivity contribution in [2.75, 3.05) is 26.2 Å². The molecule has 1 saturated carbocycles. The Labute approximate surface area is 305 Å². The second-order valence-electron chi connectivity index (χ2n) is 14.4. The normalized spacial score (nSPS) is 17.8. The summed E-state index contributed by atoms with van der Waals surface area (Å²) < 4.78 is 29.6. The van der Waals surface area contributed by atoms with E-state index in [1.807, 2.05) is 61.2 Å². The van der Waals surface area contributed by atoms with E-state index in [4.69, 9.17) is 0 Å². The molecule has 10 nitrogen and oxygen atoms in total. The van der Waals surface area contributed by atoms with Crippen LogP contribution >= 0.6 is 0 Å². The number of nitrogens with zero attached hydrogens (tertiary/aromatic N) is 4. The van der Waals surface area contributed by atoms with Crippen LogP contribution < -0.4 is 10.6 Å². The third kappa shape index (κ3) is 10.6. The van der Waals surface area contributed by atoms with Gasteiger partial charge in [-0.05, 0) is 61.8 Å². The van der Waals surface area contributed by atoms with Gasteiger partial charge in [0.1, 0.15) is 11.7 Å². The van der Waals surface area contributed by atoms with E-state index in [-0.39, 0.29) is 68.1 Å². The number of carbonyl (C=O) groups excluding carboxylic acids is 4. The number of piperazine rings is 1. The number of hydrogen-bond donors (Lipinski definition) is 2. The lowest BCUT2D eigenvalue weighted by Gasteiger charge is -2.36. The van der Waals surface area contributed by atoms with Crippen LogP contribution in [-0.2, 0) is 33.8 Å². The number of carbonyl (C=O) groups is 4. The third-order valence-corrected chi connectivity index (χ3v) is 10.3. The number of alkyl halides is 2. The molecule has 2 aliphatic rings. The number of nitrogens with one attached hydrogen (secondary N) is 2. The average Bonchev–Trinajstić information content (AvgIpc) is 3.65. The van der Waals surface area contributed by atoms with Gasteiger partial charge in [0.2, 0.25) is 17.7 Å². The number of Topliss-reactive ketones (excluding diaryl/α,β-unsaturated/α-hetero) is 1. The summed E-state index contributed by atoms with van der Waals surface area (Å²) in [6, 6.07) is 17.8. The van der Waals surface area contributed by atoms with Gasteiger partial charge in [0.15, 0.2) is 5.78 Å². The van der Waals surface area contributed by atoms with E-state index in [1.54, 1.807) is 17.7 Å². The highest BCUT2D eigenvalue weighted by atomic mass is 19.3. The second-order valence-corrected chi connectivity index (χ2v) is 14.4. The van der Waals surface area contributed by atoms with E-state index in [0.29, 0.717) is 31.6 Å². The first-order valence-corrected chi connectivity index (χ1v) is 18.6. The topological polar surface area (TPSA) is 117 Å². The van der Waals surface area contributed by atoms with Gasteiger partial charge in [0, 0.05) is 77.1 Å². The molecule has 5 rings (SSSR count). The van der Waals surface area contributed by atoms with Crippen LogP contribution in [0.5, 0.6) is 0 Å². The highest BCUT2D eigenvalue weighted by Crippen LogP contribution is 2.38. The Morgan fingerprint density at radius 3 is 2.15 bits per heavy atom. The molecule has 2 heterocycles. The van der Waals surface area contributed by atoms with Gasteiger partial charge in [-0.2, -0.15) is 5.10 Å². The summed E-state index contributed by atoms with van der Waals surface area (Å²) >= 11 is 0. The highest BCUT2D eigenvalue weighted by molar-refractivity contribution is 5.97. The first kappa shape index (κ1) is 38.8. The molecule has 0 spiro atoms. The Morgan fingerprint density at radius 1 is 0.865 bits per heavy atom. The first-order valence-electron chi connectivity index (χ1n) is 18.6. The van der Waals surface area contributed by atoms with Gasteiger partial charge < -0.3 is 15.5 Å². The predicted molar refractivity (Wildman–Crippen MR) is 195 cm³/mol. The van der Waals surface area contributed by atoms with Crippen molar-refractivity contribution in [1.29, 1.82) is 0 Å². The zero-order valence-corrected chi connectivity index (χ0v) is 30.5. The molecular weight excluding hydrogens is 666 g/mol. The standard InChI is InChI=1S/C40H52F2N6O4/c1-4-36(50)44-33(39(52)47-24-22-46(23-25-47)27-31-8-6-5-7-9-31)26-30-12-10-29(11-13-30)14-15-35(49)37(32-16-19-40(41,42)20-17-32)45-38(51)34-18-21-43-48(34)28(2)3/h5-13,18,21,28,32-33,37H,4,14-17,19-20,22-27H2,1-3H3,(H,44,50)(H,45,51)/t33-,37+/m1/s1. The van der Waals surface area contributed by atoms with Crippen molar-refractivity contribution in [2.24, 2.45) is 5.92 Å². The molecule has 1 aliphatic carbocycles. The maximum atomic E-state index is 14.0. The fourth-order valence-corrected chi connectivity index (χ4v) is 7.16. The van der Waals surface area contributed by atoms with Crippen LogP contribution in [0.4, 0.5) is 8.78 Å². The molecule has 1 aromatic heterocycles. The van der Waals surface area contributed by atoms with Crippen molar-refractivity contribution < 1.29 is 28.0 Å². The molecule has 2 atom stereocenters. The van der Waals surface area contributed by atoms with Crippen molar-refractivity contribution >= 4 is 23.5 Å². The Bertz CT molecular complexity index is 1640. The molecular formula is C40H52F2N6O4. The van der Waals surface area contributed by atoms with Crippen LogP contribution in [0.25, 0.3) is 0 Å². The number of hydrogen-bond acceptors (Lipinski definition) is 6. The number of halogens is 2. The molecule has 2 fully saturated rings. The maximum absolute atomic E-state index is 14.0. The van der Waals surface area contributed by atoms with Crippen molar-refractivity contribution in [3.05, 3.63) is 89.2 Å². The zero-order chi connectivity index (χ0) is 37.3. The van der Waals surface area contributed by atoms with Crippen LogP contribution in [0.2, 0.25) is 0 Å². The molecule has 1 aliphatic heterocycles. The van der Waals surface area contributed by atoms with Crippen LogP contribution in [0.1, 0.15) is 92.5 Å². The van der Waals surface area contributed by atoms with E-state index in [0.717, 1.165) is 30.8 Å². The molecule has 52 heavy (non-hydrogen) atoms. The van der Waals surface area contributed by atoms with E-state index in [2.05, 4.69) is 32.8 Å². The van der Waals surface area contributed by atoms with E-state index >= 15 is 0 Å². The third-order valence-electron chi connectivity index (χ3n) is 10.3. The van der Waals surface area contributed by atoms with Crippen molar-refractivity contribution in [3.8, 4) is 0 Å². The zero-order valence-electron chi connectivity index (χ0n) is 30.5. The highest BCUT2D eigenvalue weighted by Gasteiger charge is 2.40. The largest absolute Gasteiger partial charge is 0.344 e. The minimum atomic E-state index is -2.76. The van der Waals surface area contributed by atoms with Crippen LogP contribution in [-0.4, -0.2) is 87.3 Å². The molecule has 280 valence electrons. The van der Waals surface area contributed by atoms with Crippen LogP contribution in [0.15, 0.2) is 66.9 Å². The summed E-state index contributed by atoms with van der Waals surface area (Å²) in [6.07, 6.45) is 2.35. The number of aromatic nitrogens is 2. The van der Waals surface area contributed by atoms with Crippen LogP contribution in [0, 0.1) is 5.92 Å². The van der Waals surface area contributed by atoms with Gasteiger partial charge in [-0.25, -0.2) is 8.78 Å². The maximum Gasteiger partial charge on any atom is 0.270 e. The molecule has 0 unspecified atom stereocenters. The summed E-state index contributed by atoms with van der Waals surface area (Å²) in [5.41, 5.74) is 3.33. The summed E-state index contributed by atoms with van der Waals surface area (Å²) in [4.78, 5) is 57.3. The minimum absolute atomic E-state index is 0.0709. The van der Waals surface area contributed by atoms with Gasteiger partial charge in [-0.15, -0.1) is 0 Å². The molecule has 3 amide bonds. The Morgan fingerprint density at radius 2 is 1.52 bits per heavy atom. The average molecular weight is 719 g/mol. The fraction of sp³-hybridized carbons (Fsp3) is 0.525. The van der Waals surface area contributed by atoms with E-state index in [9.17, 15) is 28.0 Å². The number of ketones is 1. The first-order chi connectivity index (χ1) is 24.9. The summed E-state index contributed by atoms with van der Waals surface area (Å²) in [5, 5.41) is 10.0. The van der Waals surface area contributed by atoms with Crippen molar-refractivity contribution in [2.45, 2.75) is 103 Å². The smallest absolute Gasteiger partial charge is 0.270 e. The van der Waals surface area contributed by atoms with Gasteiger partial charge in [0.25, 0.3) is 5.91 Å². The SMILES string of the molecule is CCC(=O)N[C@H](Cc1ccc(CCC(=O)[C@@H](NC(=O)c2ccnn2C(C)C)C2CCC(F)(F)CC2)cc1)C(=O)N1CCN(Cc2ccccc2)CC1. The summed E-state index contributed by atoms with van der Waals surface area (Å²) in [5.74, 6) is -4.06. The monoisotopic (exact) mass is 718 g/mol. The van der Waals surface area contributed by atoms with Crippen molar-refractivity contribution in [1.82, 2.24) is 30.2 Å². The molecule has 3 aromatic rings. The van der Waals surface area contributed by atoms with Gasteiger partial charge in [-0.1, -0.05) is 61.5 Å². The Hall–Kier alpha value is -4.45.